The highest BCUT2D eigenvalue weighted by Crippen LogP contribution is 2.31. The Kier molecular flexibility index (Phi) is 4.77. The average molecular weight is 227 g/mol. The maximum atomic E-state index is 11.6. The van der Waals surface area contributed by atoms with Gasteiger partial charge in [0.1, 0.15) is 0 Å². The Balaban J connectivity index is 2.62. The van der Waals surface area contributed by atoms with Crippen LogP contribution in [0.2, 0.25) is 0 Å². The fourth-order valence-corrected chi connectivity index (χ4v) is 2.45. The van der Waals surface area contributed by atoms with E-state index in [1.54, 1.807) is 0 Å². The summed E-state index contributed by atoms with van der Waals surface area (Å²) >= 11 is 0. The minimum absolute atomic E-state index is 0.00866. The average Bonchev–Trinajstić information content (AvgIpc) is 2.17. The Bertz CT molecular complexity index is 257. The van der Waals surface area contributed by atoms with Gasteiger partial charge in [-0.15, -0.1) is 0 Å². The number of carboxylic acids is 1. The van der Waals surface area contributed by atoms with E-state index in [1.807, 2.05) is 6.92 Å². The lowest BCUT2D eigenvalue weighted by Crippen LogP contribution is -2.51. The maximum Gasteiger partial charge on any atom is 0.305 e. The second-order valence-electron chi connectivity index (χ2n) is 4.71. The number of aliphatic carboxylic acids is 1. The number of rotatable bonds is 5. The summed E-state index contributed by atoms with van der Waals surface area (Å²) in [6.07, 6.45) is 6.12. The minimum atomic E-state index is -0.821. The molecule has 1 saturated carbocycles. The zero-order valence-electron chi connectivity index (χ0n) is 9.92. The molecule has 4 nitrogen and oxygen atoms in total. The minimum Gasteiger partial charge on any atom is -0.481 e. The third-order valence-electron chi connectivity index (χ3n) is 3.18. The Morgan fingerprint density at radius 1 is 1.25 bits per heavy atom. The summed E-state index contributed by atoms with van der Waals surface area (Å²) in [4.78, 5) is 22.5. The smallest absolute Gasteiger partial charge is 0.305 e. The topological polar surface area (TPSA) is 66.4 Å². The summed E-state index contributed by atoms with van der Waals surface area (Å²) in [5, 5.41) is 11.9. The van der Waals surface area contributed by atoms with Crippen LogP contribution in [0.15, 0.2) is 0 Å². The van der Waals surface area contributed by atoms with Crippen molar-refractivity contribution >= 4 is 11.9 Å². The fraction of sp³-hybridized carbons (Fsp3) is 0.833. The van der Waals surface area contributed by atoms with E-state index in [0.717, 1.165) is 38.5 Å². The van der Waals surface area contributed by atoms with Gasteiger partial charge >= 0.3 is 5.97 Å². The zero-order chi connectivity index (χ0) is 12.0. The molecule has 1 aliphatic carbocycles. The summed E-state index contributed by atoms with van der Waals surface area (Å²) in [5.74, 6) is -0.829. The van der Waals surface area contributed by atoms with Crippen LogP contribution in [-0.4, -0.2) is 22.5 Å². The monoisotopic (exact) mass is 227 g/mol. The first-order valence-corrected chi connectivity index (χ1v) is 6.11. The summed E-state index contributed by atoms with van der Waals surface area (Å²) in [7, 11) is 0. The lowest BCUT2D eigenvalue weighted by atomic mass is 9.79. The molecule has 1 amide bonds. The largest absolute Gasteiger partial charge is 0.481 e. The molecule has 0 aromatic carbocycles. The van der Waals surface area contributed by atoms with Gasteiger partial charge in [0.25, 0.3) is 0 Å². The molecule has 2 N–H and O–H groups in total. The van der Waals surface area contributed by atoms with Gasteiger partial charge in [0.2, 0.25) is 5.91 Å². The van der Waals surface area contributed by atoms with Crippen LogP contribution in [-0.2, 0) is 9.59 Å². The Hall–Kier alpha value is -1.06. The summed E-state index contributed by atoms with van der Waals surface area (Å²) in [5.41, 5.74) is -0.476. The van der Waals surface area contributed by atoms with Crippen molar-refractivity contribution in [3.63, 3.8) is 0 Å². The molecule has 0 aromatic rings. The highest BCUT2D eigenvalue weighted by atomic mass is 16.4. The maximum absolute atomic E-state index is 11.6. The molecule has 0 aromatic heterocycles. The molecule has 1 fully saturated rings. The normalized spacial score (nSPS) is 19.1. The van der Waals surface area contributed by atoms with Crippen LogP contribution < -0.4 is 5.32 Å². The quantitative estimate of drug-likeness (QED) is 0.755. The van der Waals surface area contributed by atoms with Crippen molar-refractivity contribution in [2.75, 3.05) is 0 Å². The Morgan fingerprint density at radius 2 is 1.88 bits per heavy atom. The highest BCUT2D eigenvalue weighted by molar-refractivity contribution is 5.78. The first-order valence-electron chi connectivity index (χ1n) is 6.11. The molecule has 0 radical (unpaired) electrons. The number of amides is 1. The van der Waals surface area contributed by atoms with Gasteiger partial charge in [-0.3, -0.25) is 9.59 Å². The van der Waals surface area contributed by atoms with Crippen molar-refractivity contribution in [1.82, 2.24) is 5.32 Å². The number of carbonyl (C=O) groups is 2. The van der Waals surface area contributed by atoms with E-state index in [0.29, 0.717) is 6.42 Å². The van der Waals surface area contributed by atoms with Crippen molar-refractivity contribution in [2.24, 2.45) is 0 Å². The van der Waals surface area contributed by atoms with Gasteiger partial charge in [0, 0.05) is 6.42 Å². The van der Waals surface area contributed by atoms with Crippen LogP contribution >= 0.6 is 0 Å². The molecule has 1 rings (SSSR count). The predicted molar refractivity (Wildman–Crippen MR) is 61.1 cm³/mol. The van der Waals surface area contributed by atoms with E-state index in [-0.39, 0.29) is 12.3 Å². The predicted octanol–water partition coefficient (Wildman–Crippen LogP) is 2.08. The highest BCUT2D eigenvalue weighted by Gasteiger charge is 2.35. The van der Waals surface area contributed by atoms with Crippen molar-refractivity contribution in [1.29, 1.82) is 0 Å². The number of hydrogen-bond donors (Lipinski definition) is 2. The van der Waals surface area contributed by atoms with Crippen molar-refractivity contribution in [3.05, 3.63) is 0 Å². The van der Waals surface area contributed by atoms with Crippen LogP contribution in [0.3, 0.4) is 0 Å². The molecule has 0 unspecified atom stereocenters. The molecule has 1 aliphatic rings. The number of nitrogens with one attached hydrogen (secondary N) is 1. The standard InChI is InChI=1S/C12H21NO3/c1-2-6-10(14)13-12(9-11(15)16)7-4-3-5-8-12/h2-9H2,1H3,(H,13,14)(H,15,16). The van der Waals surface area contributed by atoms with E-state index >= 15 is 0 Å². The summed E-state index contributed by atoms with van der Waals surface area (Å²) < 4.78 is 0. The molecule has 0 spiro atoms. The Labute approximate surface area is 96.4 Å². The van der Waals surface area contributed by atoms with Gasteiger partial charge in [0.15, 0.2) is 0 Å². The summed E-state index contributed by atoms with van der Waals surface area (Å²) in [6, 6.07) is 0. The zero-order valence-corrected chi connectivity index (χ0v) is 9.92. The first kappa shape index (κ1) is 13.0. The fourth-order valence-electron chi connectivity index (χ4n) is 2.45. The van der Waals surface area contributed by atoms with Crippen LogP contribution in [0.5, 0.6) is 0 Å². The van der Waals surface area contributed by atoms with Crippen LogP contribution in [0.25, 0.3) is 0 Å². The Morgan fingerprint density at radius 3 is 2.38 bits per heavy atom. The van der Waals surface area contributed by atoms with Gasteiger partial charge in [-0.1, -0.05) is 26.2 Å². The second kappa shape index (κ2) is 5.87. The molecule has 0 atom stereocenters. The van der Waals surface area contributed by atoms with Gasteiger partial charge in [-0.2, -0.15) is 0 Å². The summed E-state index contributed by atoms with van der Waals surface area (Å²) in [6.45, 7) is 1.95. The number of hydrogen-bond acceptors (Lipinski definition) is 2. The molecule has 4 heteroatoms. The second-order valence-corrected chi connectivity index (χ2v) is 4.71. The first-order chi connectivity index (χ1) is 7.58. The van der Waals surface area contributed by atoms with Crippen molar-refractivity contribution in [2.45, 2.75) is 63.8 Å². The van der Waals surface area contributed by atoms with Crippen LogP contribution in [0.1, 0.15) is 58.3 Å². The van der Waals surface area contributed by atoms with E-state index in [4.69, 9.17) is 5.11 Å². The molecular formula is C12H21NO3. The third-order valence-corrected chi connectivity index (χ3v) is 3.18. The molecule has 16 heavy (non-hydrogen) atoms. The molecule has 92 valence electrons. The van der Waals surface area contributed by atoms with E-state index in [2.05, 4.69) is 5.32 Å². The van der Waals surface area contributed by atoms with Gasteiger partial charge in [-0.25, -0.2) is 0 Å². The SMILES string of the molecule is CCCC(=O)NC1(CC(=O)O)CCCCC1. The van der Waals surface area contributed by atoms with Gasteiger partial charge < -0.3 is 10.4 Å². The van der Waals surface area contributed by atoms with E-state index < -0.39 is 11.5 Å². The van der Waals surface area contributed by atoms with Crippen molar-refractivity contribution in [3.8, 4) is 0 Å². The number of carboxylic acid groups (broad SMARTS) is 1. The van der Waals surface area contributed by atoms with Gasteiger partial charge in [-0.05, 0) is 19.3 Å². The van der Waals surface area contributed by atoms with Crippen LogP contribution in [0, 0.1) is 0 Å². The molecule has 0 saturated heterocycles. The van der Waals surface area contributed by atoms with E-state index in [1.165, 1.54) is 0 Å². The molecular weight excluding hydrogens is 206 g/mol. The van der Waals surface area contributed by atoms with Crippen molar-refractivity contribution < 1.29 is 14.7 Å². The lowest BCUT2D eigenvalue weighted by Gasteiger charge is -2.37. The molecule has 0 aliphatic heterocycles. The van der Waals surface area contributed by atoms with Gasteiger partial charge in [0.05, 0.1) is 12.0 Å². The molecule has 0 heterocycles. The lowest BCUT2D eigenvalue weighted by molar-refractivity contribution is -0.139. The third kappa shape index (κ3) is 3.83. The molecule has 0 bridgehead atoms. The number of carbonyl (C=O) groups excluding carboxylic acids is 1. The van der Waals surface area contributed by atoms with Crippen LogP contribution in [0.4, 0.5) is 0 Å². The van der Waals surface area contributed by atoms with E-state index in [9.17, 15) is 9.59 Å².